The first kappa shape index (κ1) is 12.6. The van der Waals surface area contributed by atoms with E-state index >= 15 is 0 Å². The molecule has 1 aliphatic heterocycles. The summed E-state index contributed by atoms with van der Waals surface area (Å²) in [4.78, 5) is 10.8. The van der Waals surface area contributed by atoms with Crippen LogP contribution in [0.5, 0.6) is 0 Å². The first-order valence-electron chi connectivity index (χ1n) is 6.96. The molecule has 6 heteroatoms. The van der Waals surface area contributed by atoms with Crippen LogP contribution in [0.2, 0.25) is 5.28 Å². The van der Waals surface area contributed by atoms with Gasteiger partial charge in [0.05, 0.1) is 11.6 Å². The molecular formula is C15H14ClN5. The van der Waals surface area contributed by atoms with Crippen LogP contribution in [0.1, 0.15) is 17.5 Å². The second-order valence-corrected chi connectivity index (χ2v) is 5.67. The van der Waals surface area contributed by atoms with Gasteiger partial charge in [-0.25, -0.2) is 0 Å². The zero-order valence-corrected chi connectivity index (χ0v) is 12.4. The highest BCUT2D eigenvalue weighted by Gasteiger charge is 2.22. The third-order valence-corrected chi connectivity index (χ3v) is 4.04. The Balaban J connectivity index is 1.92. The number of aromatic amines is 1. The summed E-state index contributed by atoms with van der Waals surface area (Å²) in [5.74, 6) is 0.823. The van der Waals surface area contributed by atoms with Gasteiger partial charge in [-0.1, -0.05) is 17.7 Å². The van der Waals surface area contributed by atoms with E-state index in [0.29, 0.717) is 5.65 Å². The van der Waals surface area contributed by atoms with Gasteiger partial charge < -0.3 is 4.90 Å². The molecule has 0 fully saturated rings. The lowest BCUT2D eigenvalue weighted by molar-refractivity contribution is 0.760. The van der Waals surface area contributed by atoms with Crippen LogP contribution in [-0.2, 0) is 6.42 Å². The van der Waals surface area contributed by atoms with Crippen LogP contribution in [0, 0.1) is 6.92 Å². The first-order chi connectivity index (χ1) is 10.2. The summed E-state index contributed by atoms with van der Waals surface area (Å²) in [6.07, 6.45) is 3.95. The van der Waals surface area contributed by atoms with Crippen molar-refractivity contribution in [3.8, 4) is 0 Å². The van der Waals surface area contributed by atoms with E-state index in [4.69, 9.17) is 11.6 Å². The Kier molecular flexibility index (Phi) is 2.82. The Bertz CT molecular complexity index is 826. The lowest BCUT2D eigenvalue weighted by atomic mass is 9.99. The number of halogens is 1. The van der Waals surface area contributed by atoms with Crippen LogP contribution in [0.15, 0.2) is 24.4 Å². The van der Waals surface area contributed by atoms with E-state index in [0.717, 1.165) is 30.6 Å². The van der Waals surface area contributed by atoms with Gasteiger partial charge in [0, 0.05) is 12.2 Å². The minimum atomic E-state index is 0.237. The average Bonchev–Trinajstić information content (AvgIpc) is 2.93. The summed E-state index contributed by atoms with van der Waals surface area (Å²) < 4.78 is 0. The molecule has 3 heterocycles. The Hall–Kier alpha value is -2.14. The number of benzene rings is 1. The van der Waals surface area contributed by atoms with Gasteiger partial charge in [0.25, 0.3) is 0 Å². The SMILES string of the molecule is Cc1ccc2c(c1)CCCN2c1nc(Cl)nc2[nH]ncc12. The molecular weight excluding hydrogens is 286 g/mol. The number of hydrogen-bond acceptors (Lipinski definition) is 4. The summed E-state index contributed by atoms with van der Waals surface area (Å²) in [5, 5.41) is 8.05. The summed E-state index contributed by atoms with van der Waals surface area (Å²) in [6, 6.07) is 6.54. The monoisotopic (exact) mass is 299 g/mol. The van der Waals surface area contributed by atoms with E-state index in [1.165, 1.54) is 16.8 Å². The lowest BCUT2D eigenvalue weighted by Crippen LogP contribution is -2.25. The van der Waals surface area contributed by atoms with Gasteiger partial charge in [-0.15, -0.1) is 0 Å². The summed E-state index contributed by atoms with van der Waals surface area (Å²) in [5.41, 5.74) is 4.51. The molecule has 0 saturated heterocycles. The Morgan fingerprint density at radius 2 is 2.19 bits per heavy atom. The van der Waals surface area contributed by atoms with Crippen molar-refractivity contribution in [1.29, 1.82) is 0 Å². The number of H-pyrrole nitrogens is 1. The van der Waals surface area contributed by atoms with E-state index < -0.39 is 0 Å². The Morgan fingerprint density at radius 1 is 1.29 bits per heavy atom. The maximum Gasteiger partial charge on any atom is 0.226 e. The molecule has 21 heavy (non-hydrogen) atoms. The molecule has 4 rings (SSSR count). The third-order valence-electron chi connectivity index (χ3n) is 3.87. The average molecular weight is 300 g/mol. The fraction of sp³-hybridized carbons (Fsp3) is 0.267. The molecule has 0 unspecified atom stereocenters. The fourth-order valence-corrected chi connectivity index (χ4v) is 3.11. The highest BCUT2D eigenvalue weighted by molar-refractivity contribution is 6.28. The van der Waals surface area contributed by atoms with Crippen LogP contribution in [-0.4, -0.2) is 26.7 Å². The quantitative estimate of drug-likeness (QED) is 0.700. The topological polar surface area (TPSA) is 57.7 Å². The van der Waals surface area contributed by atoms with Gasteiger partial charge in [0.15, 0.2) is 5.65 Å². The largest absolute Gasteiger partial charge is 0.325 e. The molecule has 0 amide bonds. The van der Waals surface area contributed by atoms with Gasteiger partial charge in [-0.2, -0.15) is 15.1 Å². The molecule has 0 saturated carbocycles. The van der Waals surface area contributed by atoms with Gasteiger partial charge in [0.1, 0.15) is 5.82 Å². The van der Waals surface area contributed by atoms with Crippen molar-refractivity contribution in [2.24, 2.45) is 0 Å². The van der Waals surface area contributed by atoms with E-state index in [1.807, 2.05) is 0 Å². The molecule has 0 aliphatic carbocycles. The predicted octanol–water partition coefficient (Wildman–Crippen LogP) is 3.40. The number of nitrogens with one attached hydrogen (secondary N) is 1. The van der Waals surface area contributed by atoms with Crippen molar-refractivity contribution in [3.63, 3.8) is 0 Å². The number of hydrogen-bond donors (Lipinski definition) is 1. The van der Waals surface area contributed by atoms with Gasteiger partial charge in [0.2, 0.25) is 5.28 Å². The maximum atomic E-state index is 6.06. The minimum absolute atomic E-state index is 0.237. The normalized spacial score (nSPS) is 14.5. The predicted molar refractivity (Wildman–Crippen MR) is 83.2 cm³/mol. The molecule has 1 aliphatic rings. The maximum absolute atomic E-state index is 6.06. The fourth-order valence-electron chi connectivity index (χ4n) is 2.94. The van der Waals surface area contributed by atoms with Gasteiger partial charge in [-0.05, 0) is 43.0 Å². The zero-order valence-electron chi connectivity index (χ0n) is 11.6. The molecule has 0 spiro atoms. The smallest absolute Gasteiger partial charge is 0.226 e. The molecule has 1 N–H and O–H groups in total. The molecule has 0 radical (unpaired) electrons. The lowest BCUT2D eigenvalue weighted by Gasteiger charge is -2.31. The molecule has 106 valence electrons. The zero-order chi connectivity index (χ0) is 14.4. The van der Waals surface area contributed by atoms with E-state index in [9.17, 15) is 0 Å². The highest BCUT2D eigenvalue weighted by Crippen LogP contribution is 2.36. The molecule has 5 nitrogen and oxygen atoms in total. The first-order valence-corrected chi connectivity index (χ1v) is 7.34. The minimum Gasteiger partial charge on any atom is -0.325 e. The van der Waals surface area contributed by atoms with Crippen LogP contribution in [0.3, 0.4) is 0 Å². The summed E-state index contributed by atoms with van der Waals surface area (Å²) >= 11 is 6.06. The van der Waals surface area contributed by atoms with Crippen LogP contribution in [0.25, 0.3) is 11.0 Å². The van der Waals surface area contributed by atoms with Crippen molar-refractivity contribution in [2.45, 2.75) is 19.8 Å². The van der Waals surface area contributed by atoms with Crippen LogP contribution in [0.4, 0.5) is 11.5 Å². The molecule has 1 aromatic carbocycles. The van der Waals surface area contributed by atoms with E-state index in [1.54, 1.807) is 6.20 Å². The highest BCUT2D eigenvalue weighted by atomic mass is 35.5. The van der Waals surface area contributed by atoms with Crippen molar-refractivity contribution >= 4 is 34.1 Å². The standard InChI is InChI=1S/C15H14ClN5/c1-9-4-5-12-10(7-9)3-2-6-21(12)14-11-8-17-20-13(11)18-15(16)19-14/h4-5,7-8H,2-3,6H2,1H3,(H,17,18,19,20). The molecule has 2 aromatic heterocycles. The Morgan fingerprint density at radius 3 is 3.10 bits per heavy atom. The third kappa shape index (κ3) is 2.05. The summed E-state index contributed by atoms with van der Waals surface area (Å²) in [7, 11) is 0. The van der Waals surface area contributed by atoms with Crippen LogP contribution < -0.4 is 4.90 Å². The molecule has 0 bridgehead atoms. The number of anilines is 2. The van der Waals surface area contributed by atoms with Gasteiger partial charge in [-0.3, -0.25) is 5.10 Å². The van der Waals surface area contributed by atoms with Crippen molar-refractivity contribution < 1.29 is 0 Å². The van der Waals surface area contributed by atoms with Crippen molar-refractivity contribution in [2.75, 3.05) is 11.4 Å². The van der Waals surface area contributed by atoms with Crippen molar-refractivity contribution in [3.05, 3.63) is 40.8 Å². The van der Waals surface area contributed by atoms with Crippen LogP contribution >= 0.6 is 11.6 Å². The van der Waals surface area contributed by atoms with Crippen molar-refractivity contribution in [1.82, 2.24) is 20.2 Å². The second kappa shape index (κ2) is 4.70. The Labute approximate surface area is 127 Å². The number of fused-ring (bicyclic) bond motifs is 2. The number of aryl methyl sites for hydroxylation is 2. The number of aromatic nitrogens is 4. The van der Waals surface area contributed by atoms with Gasteiger partial charge >= 0.3 is 0 Å². The molecule has 0 atom stereocenters. The summed E-state index contributed by atoms with van der Waals surface area (Å²) in [6.45, 7) is 3.04. The number of rotatable bonds is 1. The second-order valence-electron chi connectivity index (χ2n) is 5.34. The molecule has 3 aromatic rings. The van der Waals surface area contributed by atoms with E-state index in [2.05, 4.69) is 50.2 Å². The van der Waals surface area contributed by atoms with E-state index in [-0.39, 0.29) is 5.28 Å². The number of nitrogens with zero attached hydrogens (tertiary/aromatic N) is 4.